The van der Waals surface area contributed by atoms with Gasteiger partial charge in [0.25, 0.3) is 0 Å². The van der Waals surface area contributed by atoms with E-state index < -0.39 is 6.10 Å². The third-order valence-electron chi connectivity index (χ3n) is 3.60. The van der Waals surface area contributed by atoms with Crippen molar-refractivity contribution in [3.8, 4) is 0 Å². The van der Waals surface area contributed by atoms with Crippen LogP contribution in [0.2, 0.25) is 0 Å². The molecule has 7 nitrogen and oxygen atoms in total. The number of fused-ring (bicyclic) bond motifs is 1. The highest BCUT2D eigenvalue weighted by atomic mass is 16.5. The van der Waals surface area contributed by atoms with E-state index in [0.717, 1.165) is 11.4 Å². The molecule has 0 aliphatic rings. The first-order chi connectivity index (χ1) is 11.6. The van der Waals surface area contributed by atoms with Crippen molar-refractivity contribution in [1.82, 2.24) is 19.8 Å². The fraction of sp³-hybridized carbons (Fsp3) is 0.353. The fourth-order valence-corrected chi connectivity index (χ4v) is 2.43. The number of aryl methyl sites for hydroxylation is 1. The molecule has 0 bridgehead atoms. The van der Waals surface area contributed by atoms with Crippen molar-refractivity contribution in [3.05, 3.63) is 53.9 Å². The Labute approximate surface area is 140 Å². The maximum absolute atomic E-state index is 10.1. The second kappa shape index (κ2) is 7.37. The van der Waals surface area contributed by atoms with E-state index in [1.54, 1.807) is 0 Å². The van der Waals surface area contributed by atoms with E-state index in [9.17, 15) is 5.11 Å². The Hall–Kier alpha value is -2.51. The minimum atomic E-state index is -0.603. The molecule has 3 rings (SSSR count). The Balaban J connectivity index is 1.52. The van der Waals surface area contributed by atoms with Crippen LogP contribution in [-0.4, -0.2) is 51.2 Å². The molecule has 0 amide bonds. The lowest BCUT2D eigenvalue weighted by Gasteiger charge is -2.21. The zero-order chi connectivity index (χ0) is 16.9. The molecule has 0 unspecified atom stereocenters. The molecule has 2 aromatic heterocycles. The second-order valence-electron chi connectivity index (χ2n) is 5.73. The number of aliphatic hydroxyl groups is 1. The van der Waals surface area contributed by atoms with Crippen LogP contribution in [0.25, 0.3) is 5.65 Å². The van der Waals surface area contributed by atoms with Gasteiger partial charge in [-0.05, 0) is 24.6 Å². The van der Waals surface area contributed by atoms with E-state index >= 15 is 0 Å². The smallest absolute Gasteiger partial charge is 0.176 e. The molecule has 0 aliphatic carbocycles. The molecule has 24 heavy (non-hydrogen) atoms. The predicted octanol–water partition coefficient (Wildman–Crippen LogP) is 1.45. The van der Waals surface area contributed by atoms with Gasteiger partial charge in [0, 0.05) is 13.6 Å². The zero-order valence-electron chi connectivity index (χ0n) is 13.8. The lowest BCUT2D eigenvalue weighted by molar-refractivity contribution is 0.0324. The summed E-state index contributed by atoms with van der Waals surface area (Å²) in [6.07, 6.45) is -0.603. The maximum atomic E-state index is 10.1. The Morgan fingerprint density at radius 3 is 2.75 bits per heavy atom. The topological polar surface area (TPSA) is 75.8 Å². The molecule has 0 aliphatic heterocycles. The number of likely N-dealkylation sites (N-methyl/N-ethyl adjacent to an activating group) is 1. The molecule has 0 spiro atoms. The lowest BCUT2D eigenvalue weighted by Crippen LogP contribution is -2.32. The molecule has 0 fully saturated rings. The number of hydrogen-bond donors (Lipinski definition) is 1. The van der Waals surface area contributed by atoms with Crippen molar-refractivity contribution < 1.29 is 9.84 Å². The summed E-state index contributed by atoms with van der Waals surface area (Å²) in [5.41, 5.74) is 1.79. The summed E-state index contributed by atoms with van der Waals surface area (Å²) >= 11 is 0. The van der Waals surface area contributed by atoms with Gasteiger partial charge < -0.3 is 14.7 Å². The van der Waals surface area contributed by atoms with Gasteiger partial charge in [-0.15, -0.1) is 14.8 Å². The minimum absolute atomic E-state index is 0.268. The van der Waals surface area contributed by atoms with Crippen molar-refractivity contribution >= 4 is 11.5 Å². The standard InChI is InChI=1S/C17H21N5O2/c1-13-18-16-8-9-17(20-22(16)19-13)21(2)10-15(23)12-24-11-14-6-4-3-5-7-14/h3-9,15,23H,10-12H2,1-2H3/t15-/m1/s1. The van der Waals surface area contributed by atoms with E-state index in [1.807, 2.05) is 61.3 Å². The number of ether oxygens (including phenoxy) is 1. The molecule has 1 N–H and O–H groups in total. The Bertz CT molecular complexity index is 790. The number of anilines is 1. The zero-order valence-corrected chi connectivity index (χ0v) is 13.8. The molecule has 0 radical (unpaired) electrons. The first kappa shape index (κ1) is 16.4. The van der Waals surface area contributed by atoms with Crippen LogP contribution in [-0.2, 0) is 11.3 Å². The molecular formula is C17H21N5O2. The van der Waals surface area contributed by atoms with E-state index in [1.165, 1.54) is 4.63 Å². The summed E-state index contributed by atoms with van der Waals surface area (Å²) < 4.78 is 7.07. The molecule has 0 saturated carbocycles. The van der Waals surface area contributed by atoms with Gasteiger partial charge >= 0.3 is 0 Å². The Morgan fingerprint density at radius 2 is 1.96 bits per heavy atom. The second-order valence-corrected chi connectivity index (χ2v) is 5.73. The van der Waals surface area contributed by atoms with E-state index in [4.69, 9.17) is 4.74 Å². The van der Waals surface area contributed by atoms with Gasteiger partial charge in [-0.25, -0.2) is 4.98 Å². The highest BCUT2D eigenvalue weighted by molar-refractivity contribution is 5.44. The molecule has 7 heteroatoms. The number of rotatable bonds is 7. The van der Waals surface area contributed by atoms with Gasteiger partial charge in [-0.1, -0.05) is 30.3 Å². The molecule has 3 aromatic rings. The van der Waals surface area contributed by atoms with Crippen LogP contribution in [0, 0.1) is 6.92 Å². The third kappa shape index (κ3) is 4.06. The van der Waals surface area contributed by atoms with Crippen LogP contribution in [0.15, 0.2) is 42.5 Å². The molecule has 1 aromatic carbocycles. The van der Waals surface area contributed by atoms with Crippen molar-refractivity contribution in [2.45, 2.75) is 19.6 Å². The monoisotopic (exact) mass is 327 g/mol. The van der Waals surface area contributed by atoms with Crippen LogP contribution in [0.1, 0.15) is 11.4 Å². The lowest BCUT2D eigenvalue weighted by atomic mass is 10.2. The molecular weight excluding hydrogens is 306 g/mol. The van der Waals surface area contributed by atoms with Gasteiger partial charge in [0.05, 0.1) is 19.3 Å². The summed E-state index contributed by atoms with van der Waals surface area (Å²) in [6.45, 7) is 3.00. The SMILES string of the molecule is Cc1nc2ccc(N(C)C[C@@H](O)COCc3ccccc3)nn2n1. The van der Waals surface area contributed by atoms with E-state index in [0.29, 0.717) is 24.6 Å². The average molecular weight is 327 g/mol. The molecule has 1 atom stereocenters. The van der Waals surface area contributed by atoms with Gasteiger partial charge in [0.2, 0.25) is 0 Å². The van der Waals surface area contributed by atoms with Crippen molar-refractivity contribution in [3.63, 3.8) is 0 Å². The quantitative estimate of drug-likeness (QED) is 0.708. The summed E-state index contributed by atoms with van der Waals surface area (Å²) in [6, 6.07) is 13.6. The largest absolute Gasteiger partial charge is 0.389 e. The first-order valence-electron chi connectivity index (χ1n) is 7.83. The van der Waals surface area contributed by atoms with Crippen LogP contribution in [0.5, 0.6) is 0 Å². The van der Waals surface area contributed by atoms with E-state index in [2.05, 4.69) is 15.2 Å². The van der Waals surface area contributed by atoms with Crippen molar-refractivity contribution in [2.75, 3.05) is 25.1 Å². The van der Waals surface area contributed by atoms with Crippen molar-refractivity contribution in [1.29, 1.82) is 0 Å². The van der Waals surface area contributed by atoms with Gasteiger partial charge in [-0.3, -0.25) is 0 Å². The van der Waals surface area contributed by atoms with Crippen LogP contribution >= 0.6 is 0 Å². The average Bonchev–Trinajstić information content (AvgIpc) is 2.94. The predicted molar refractivity (Wildman–Crippen MR) is 90.9 cm³/mol. The fourth-order valence-electron chi connectivity index (χ4n) is 2.43. The van der Waals surface area contributed by atoms with Crippen molar-refractivity contribution in [2.24, 2.45) is 0 Å². The summed E-state index contributed by atoms with van der Waals surface area (Å²) in [4.78, 5) is 6.11. The third-order valence-corrected chi connectivity index (χ3v) is 3.60. The first-order valence-corrected chi connectivity index (χ1v) is 7.83. The van der Waals surface area contributed by atoms with Gasteiger partial charge in [0.15, 0.2) is 11.5 Å². The highest BCUT2D eigenvalue weighted by Crippen LogP contribution is 2.10. The Morgan fingerprint density at radius 1 is 1.17 bits per heavy atom. The van der Waals surface area contributed by atoms with Crippen LogP contribution in [0.3, 0.4) is 0 Å². The summed E-state index contributed by atoms with van der Waals surface area (Å²) in [7, 11) is 1.87. The summed E-state index contributed by atoms with van der Waals surface area (Å²) in [5.74, 6) is 1.39. The molecule has 2 heterocycles. The highest BCUT2D eigenvalue weighted by Gasteiger charge is 2.12. The van der Waals surface area contributed by atoms with Gasteiger partial charge in [0.1, 0.15) is 5.82 Å². The Kier molecular flexibility index (Phi) is 5.02. The van der Waals surface area contributed by atoms with Crippen LogP contribution < -0.4 is 4.90 Å². The molecule has 0 saturated heterocycles. The number of nitrogens with zero attached hydrogens (tertiary/aromatic N) is 5. The maximum Gasteiger partial charge on any atom is 0.176 e. The normalized spacial score (nSPS) is 12.5. The minimum Gasteiger partial charge on any atom is -0.389 e. The number of aromatic nitrogens is 4. The number of hydrogen-bond acceptors (Lipinski definition) is 6. The number of aliphatic hydroxyl groups excluding tert-OH is 1. The van der Waals surface area contributed by atoms with Crippen LogP contribution in [0.4, 0.5) is 5.82 Å². The van der Waals surface area contributed by atoms with E-state index in [-0.39, 0.29) is 6.61 Å². The summed E-state index contributed by atoms with van der Waals surface area (Å²) in [5, 5.41) is 18.7. The molecule has 126 valence electrons. The number of benzene rings is 1. The van der Waals surface area contributed by atoms with Gasteiger partial charge in [-0.2, -0.15) is 0 Å².